The van der Waals surface area contributed by atoms with Crippen LogP contribution in [-0.4, -0.2) is 6.04 Å². The second kappa shape index (κ2) is 5.44. The molecule has 0 amide bonds. The lowest BCUT2D eigenvalue weighted by atomic mass is 9.75. The van der Waals surface area contributed by atoms with E-state index >= 15 is 0 Å². The van der Waals surface area contributed by atoms with Crippen LogP contribution in [0.5, 0.6) is 0 Å². The van der Waals surface area contributed by atoms with E-state index < -0.39 is 0 Å². The van der Waals surface area contributed by atoms with Crippen LogP contribution in [0.25, 0.3) is 0 Å². The van der Waals surface area contributed by atoms with Crippen LogP contribution in [0.2, 0.25) is 0 Å². The van der Waals surface area contributed by atoms with Crippen LogP contribution in [0.15, 0.2) is 24.3 Å². The third-order valence-electron chi connectivity index (χ3n) is 4.37. The van der Waals surface area contributed by atoms with E-state index in [1.165, 1.54) is 36.8 Å². The number of hydrogen-bond donors (Lipinski definition) is 1. The average molecular weight is 245 g/mol. The predicted molar refractivity (Wildman–Crippen MR) is 78.8 cm³/mol. The summed E-state index contributed by atoms with van der Waals surface area (Å²) in [4.78, 5) is 0. The van der Waals surface area contributed by atoms with Gasteiger partial charge in [-0.2, -0.15) is 0 Å². The molecule has 2 rings (SSSR count). The van der Waals surface area contributed by atoms with Gasteiger partial charge in [0.15, 0.2) is 0 Å². The minimum absolute atomic E-state index is 0.469. The van der Waals surface area contributed by atoms with Crippen molar-refractivity contribution in [1.29, 1.82) is 0 Å². The molecule has 0 radical (unpaired) electrons. The van der Waals surface area contributed by atoms with Crippen molar-refractivity contribution in [2.45, 2.75) is 65.5 Å². The third-order valence-corrected chi connectivity index (χ3v) is 4.37. The molecule has 0 aromatic heterocycles. The van der Waals surface area contributed by atoms with Gasteiger partial charge in [0.05, 0.1) is 0 Å². The highest BCUT2D eigenvalue weighted by Gasteiger charge is 2.27. The molecule has 1 saturated carbocycles. The number of aryl methyl sites for hydroxylation is 1. The molecule has 18 heavy (non-hydrogen) atoms. The molecule has 0 unspecified atom stereocenters. The maximum atomic E-state index is 3.80. The molecule has 1 N–H and O–H groups in total. The molecule has 1 aromatic carbocycles. The molecule has 1 aliphatic carbocycles. The molecule has 1 atom stereocenters. The zero-order valence-electron chi connectivity index (χ0n) is 12.3. The molecule has 0 heterocycles. The van der Waals surface area contributed by atoms with Gasteiger partial charge in [-0.1, -0.05) is 43.7 Å². The number of benzene rings is 1. The smallest absolute Gasteiger partial charge is 0.0294 e. The molecule has 1 nitrogen and oxygen atoms in total. The van der Waals surface area contributed by atoms with Gasteiger partial charge in [0.1, 0.15) is 0 Å². The van der Waals surface area contributed by atoms with Gasteiger partial charge in [-0.15, -0.1) is 0 Å². The Bertz CT molecular complexity index is 384. The standard InChI is InChI=1S/C17H27N/c1-13-6-5-7-15(12-13)14(2)18-16-8-10-17(3,4)11-9-16/h5-7,12,14,16,18H,8-11H2,1-4H3/t14-/m0/s1. The van der Waals surface area contributed by atoms with Gasteiger partial charge in [0.25, 0.3) is 0 Å². The van der Waals surface area contributed by atoms with E-state index in [1.807, 2.05) is 0 Å². The Balaban J connectivity index is 1.90. The fourth-order valence-corrected chi connectivity index (χ4v) is 2.96. The van der Waals surface area contributed by atoms with Crippen molar-refractivity contribution < 1.29 is 0 Å². The third kappa shape index (κ3) is 3.58. The molecule has 0 spiro atoms. The van der Waals surface area contributed by atoms with E-state index in [0.29, 0.717) is 17.5 Å². The lowest BCUT2D eigenvalue weighted by Gasteiger charge is -2.36. The van der Waals surface area contributed by atoms with E-state index in [1.54, 1.807) is 0 Å². The van der Waals surface area contributed by atoms with Crippen LogP contribution in [0, 0.1) is 12.3 Å². The SMILES string of the molecule is Cc1cccc([C@H](C)NC2CCC(C)(C)CC2)c1. The maximum Gasteiger partial charge on any atom is 0.0294 e. The first kappa shape index (κ1) is 13.6. The molecule has 0 aliphatic heterocycles. The number of hydrogen-bond acceptors (Lipinski definition) is 1. The minimum Gasteiger partial charge on any atom is -0.307 e. The van der Waals surface area contributed by atoms with E-state index in [4.69, 9.17) is 0 Å². The summed E-state index contributed by atoms with van der Waals surface area (Å²) < 4.78 is 0. The summed E-state index contributed by atoms with van der Waals surface area (Å²) >= 11 is 0. The second-order valence-corrected chi connectivity index (χ2v) is 6.74. The molecular formula is C17H27N. The second-order valence-electron chi connectivity index (χ2n) is 6.74. The van der Waals surface area contributed by atoms with Gasteiger partial charge in [-0.05, 0) is 50.5 Å². The summed E-state index contributed by atoms with van der Waals surface area (Å²) in [6.45, 7) is 9.24. The zero-order chi connectivity index (χ0) is 13.2. The van der Waals surface area contributed by atoms with E-state index in [-0.39, 0.29) is 0 Å². The summed E-state index contributed by atoms with van der Waals surface area (Å²) in [5, 5.41) is 3.80. The van der Waals surface area contributed by atoms with Crippen molar-refractivity contribution in [2.24, 2.45) is 5.41 Å². The fourth-order valence-electron chi connectivity index (χ4n) is 2.96. The predicted octanol–water partition coefficient (Wildman–Crippen LogP) is 4.61. The molecule has 1 heteroatoms. The maximum absolute atomic E-state index is 3.80. The summed E-state index contributed by atoms with van der Waals surface area (Å²) in [5.41, 5.74) is 3.33. The normalized spacial score (nSPS) is 21.8. The largest absolute Gasteiger partial charge is 0.307 e. The summed E-state index contributed by atoms with van der Waals surface area (Å²) in [7, 11) is 0. The highest BCUT2D eigenvalue weighted by atomic mass is 14.9. The molecule has 1 aliphatic rings. The molecule has 100 valence electrons. The van der Waals surface area contributed by atoms with Gasteiger partial charge < -0.3 is 5.32 Å². The Kier molecular flexibility index (Phi) is 4.11. The van der Waals surface area contributed by atoms with Crippen molar-refractivity contribution in [1.82, 2.24) is 5.32 Å². The molecule has 0 saturated heterocycles. The van der Waals surface area contributed by atoms with Crippen LogP contribution in [0.3, 0.4) is 0 Å². The van der Waals surface area contributed by atoms with E-state index in [9.17, 15) is 0 Å². The Morgan fingerprint density at radius 2 is 1.89 bits per heavy atom. The van der Waals surface area contributed by atoms with Crippen LogP contribution >= 0.6 is 0 Å². The van der Waals surface area contributed by atoms with Gasteiger partial charge in [0, 0.05) is 12.1 Å². The zero-order valence-corrected chi connectivity index (χ0v) is 12.3. The number of rotatable bonds is 3. The summed E-state index contributed by atoms with van der Waals surface area (Å²) in [6, 6.07) is 10.0. The van der Waals surface area contributed by atoms with Crippen LogP contribution < -0.4 is 5.32 Å². The fraction of sp³-hybridized carbons (Fsp3) is 0.647. The van der Waals surface area contributed by atoms with Crippen molar-refractivity contribution in [3.63, 3.8) is 0 Å². The lowest BCUT2D eigenvalue weighted by Crippen LogP contribution is -2.37. The van der Waals surface area contributed by atoms with Gasteiger partial charge >= 0.3 is 0 Å². The lowest BCUT2D eigenvalue weighted by molar-refractivity contribution is 0.200. The monoisotopic (exact) mass is 245 g/mol. The number of nitrogens with one attached hydrogen (secondary N) is 1. The highest BCUT2D eigenvalue weighted by Crippen LogP contribution is 2.35. The summed E-state index contributed by atoms with van der Waals surface area (Å²) in [5.74, 6) is 0. The van der Waals surface area contributed by atoms with Crippen molar-refractivity contribution >= 4 is 0 Å². The minimum atomic E-state index is 0.469. The Hall–Kier alpha value is -0.820. The van der Waals surface area contributed by atoms with Crippen LogP contribution in [0.1, 0.15) is 63.6 Å². The molecule has 1 fully saturated rings. The average Bonchev–Trinajstić information content (AvgIpc) is 2.32. The van der Waals surface area contributed by atoms with Crippen molar-refractivity contribution in [3.8, 4) is 0 Å². The molecule has 0 bridgehead atoms. The molecular weight excluding hydrogens is 218 g/mol. The first-order valence-corrected chi connectivity index (χ1v) is 7.29. The quantitative estimate of drug-likeness (QED) is 0.819. The Morgan fingerprint density at radius 1 is 1.22 bits per heavy atom. The topological polar surface area (TPSA) is 12.0 Å². The van der Waals surface area contributed by atoms with E-state index in [2.05, 4.69) is 57.3 Å². The first-order valence-electron chi connectivity index (χ1n) is 7.29. The van der Waals surface area contributed by atoms with Crippen molar-refractivity contribution in [2.75, 3.05) is 0 Å². The summed E-state index contributed by atoms with van der Waals surface area (Å²) in [6.07, 6.45) is 5.35. The van der Waals surface area contributed by atoms with Crippen LogP contribution in [-0.2, 0) is 0 Å². The van der Waals surface area contributed by atoms with Gasteiger partial charge in [0.2, 0.25) is 0 Å². The first-order chi connectivity index (χ1) is 8.46. The van der Waals surface area contributed by atoms with Gasteiger partial charge in [-0.3, -0.25) is 0 Å². The van der Waals surface area contributed by atoms with Gasteiger partial charge in [-0.25, -0.2) is 0 Å². The van der Waals surface area contributed by atoms with Crippen molar-refractivity contribution in [3.05, 3.63) is 35.4 Å². The Morgan fingerprint density at radius 3 is 2.50 bits per heavy atom. The molecule has 1 aromatic rings. The highest BCUT2D eigenvalue weighted by molar-refractivity contribution is 5.24. The van der Waals surface area contributed by atoms with E-state index in [0.717, 1.165) is 0 Å². The Labute approximate surface area is 112 Å². The van der Waals surface area contributed by atoms with Crippen LogP contribution in [0.4, 0.5) is 0 Å².